The van der Waals surface area contributed by atoms with E-state index in [0.717, 1.165) is 12.5 Å². The van der Waals surface area contributed by atoms with Gasteiger partial charge in [0, 0.05) is 10.9 Å². The van der Waals surface area contributed by atoms with E-state index >= 15 is 0 Å². The normalized spacial score (nSPS) is 13.3. The smallest absolute Gasteiger partial charge is 0.00484 e. The molecule has 0 saturated carbocycles. The third-order valence-corrected chi connectivity index (χ3v) is 3.48. The van der Waals surface area contributed by atoms with E-state index in [0.29, 0.717) is 6.04 Å². The molecule has 1 aromatic rings. The minimum Gasteiger partial charge on any atom is -0.314 e. The molecule has 1 nitrogen and oxygen atoms in total. The van der Waals surface area contributed by atoms with Crippen LogP contribution < -0.4 is 5.32 Å². The molecule has 15 heavy (non-hydrogen) atoms. The van der Waals surface area contributed by atoms with Crippen molar-refractivity contribution in [3.05, 3.63) is 22.4 Å². The summed E-state index contributed by atoms with van der Waals surface area (Å²) in [5.41, 5.74) is 0. The van der Waals surface area contributed by atoms with Gasteiger partial charge in [-0.15, -0.1) is 11.3 Å². The molecule has 0 aliphatic heterocycles. The van der Waals surface area contributed by atoms with Crippen molar-refractivity contribution in [1.29, 1.82) is 0 Å². The van der Waals surface area contributed by atoms with E-state index in [1.165, 1.54) is 24.1 Å². The predicted molar refractivity (Wildman–Crippen MR) is 69.6 cm³/mol. The number of nitrogens with one attached hydrogen (secondary N) is 1. The molecule has 2 heteroatoms. The molecule has 0 bridgehead atoms. The number of rotatable bonds is 7. The van der Waals surface area contributed by atoms with Crippen LogP contribution in [0.3, 0.4) is 0 Å². The summed E-state index contributed by atoms with van der Waals surface area (Å²) in [6.45, 7) is 7.86. The molecular formula is C13H23NS. The zero-order valence-electron chi connectivity index (χ0n) is 10.1. The summed E-state index contributed by atoms with van der Waals surface area (Å²) in [6, 6.07) is 5.01. The number of hydrogen-bond donors (Lipinski definition) is 1. The molecule has 1 N–H and O–H groups in total. The third kappa shape index (κ3) is 5.33. The summed E-state index contributed by atoms with van der Waals surface area (Å²) < 4.78 is 0. The van der Waals surface area contributed by atoms with E-state index in [-0.39, 0.29) is 0 Å². The fraction of sp³-hybridized carbons (Fsp3) is 0.692. The standard InChI is InChI=1S/C13H23NS/c1-4-6-12(10-14-11(2)3)9-13-7-5-8-15-13/h5,7-8,11-12,14H,4,6,9-10H2,1-3H3. The maximum Gasteiger partial charge on any atom is 0.00484 e. The first-order valence-corrected chi connectivity index (χ1v) is 6.86. The molecule has 0 spiro atoms. The highest BCUT2D eigenvalue weighted by Gasteiger charge is 2.09. The Labute approximate surface area is 97.9 Å². The highest BCUT2D eigenvalue weighted by molar-refractivity contribution is 7.09. The first-order chi connectivity index (χ1) is 7.22. The maximum absolute atomic E-state index is 3.55. The average Bonchev–Trinajstić information content (AvgIpc) is 2.67. The SMILES string of the molecule is CCCC(CNC(C)C)Cc1cccs1. The Balaban J connectivity index is 2.36. The van der Waals surface area contributed by atoms with Gasteiger partial charge in [-0.1, -0.05) is 33.3 Å². The quantitative estimate of drug-likeness (QED) is 0.746. The van der Waals surface area contributed by atoms with Gasteiger partial charge in [0.25, 0.3) is 0 Å². The zero-order valence-corrected chi connectivity index (χ0v) is 10.9. The van der Waals surface area contributed by atoms with Crippen LogP contribution in [0.5, 0.6) is 0 Å². The van der Waals surface area contributed by atoms with Crippen LogP contribution >= 0.6 is 11.3 Å². The van der Waals surface area contributed by atoms with Gasteiger partial charge in [-0.3, -0.25) is 0 Å². The molecule has 1 aromatic heterocycles. The van der Waals surface area contributed by atoms with Crippen molar-refractivity contribution in [2.24, 2.45) is 5.92 Å². The Morgan fingerprint density at radius 1 is 1.40 bits per heavy atom. The van der Waals surface area contributed by atoms with Gasteiger partial charge in [-0.05, 0) is 36.8 Å². The summed E-state index contributed by atoms with van der Waals surface area (Å²) in [7, 11) is 0. The Hall–Kier alpha value is -0.340. The molecule has 86 valence electrons. The Kier molecular flexibility index (Phi) is 5.96. The van der Waals surface area contributed by atoms with Crippen molar-refractivity contribution in [1.82, 2.24) is 5.32 Å². The fourth-order valence-corrected chi connectivity index (χ4v) is 2.62. The Bertz CT molecular complexity index is 241. The highest BCUT2D eigenvalue weighted by atomic mass is 32.1. The average molecular weight is 225 g/mol. The van der Waals surface area contributed by atoms with Crippen molar-refractivity contribution in [3.8, 4) is 0 Å². The third-order valence-electron chi connectivity index (χ3n) is 2.58. The topological polar surface area (TPSA) is 12.0 Å². The van der Waals surface area contributed by atoms with Crippen molar-refractivity contribution in [3.63, 3.8) is 0 Å². The summed E-state index contributed by atoms with van der Waals surface area (Å²) in [4.78, 5) is 1.53. The van der Waals surface area contributed by atoms with Crippen molar-refractivity contribution >= 4 is 11.3 Å². The summed E-state index contributed by atoms with van der Waals surface area (Å²) in [5.74, 6) is 0.802. The second kappa shape index (κ2) is 7.02. The maximum atomic E-state index is 3.55. The van der Waals surface area contributed by atoms with Gasteiger partial charge in [-0.2, -0.15) is 0 Å². The molecule has 0 aliphatic carbocycles. The molecule has 0 saturated heterocycles. The fourth-order valence-electron chi connectivity index (χ4n) is 1.80. The van der Waals surface area contributed by atoms with Crippen LogP contribution in [0.4, 0.5) is 0 Å². The van der Waals surface area contributed by atoms with Crippen LogP contribution in [-0.4, -0.2) is 12.6 Å². The minimum absolute atomic E-state index is 0.604. The van der Waals surface area contributed by atoms with Crippen LogP contribution in [0.15, 0.2) is 17.5 Å². The Morgan fingerprint density at radius 2 is 2.20 bits per heavy atom. The lowest BCUT2D eigenvalue weighted by atomic mass is 9.98. The lowest BCUT2D eigenvalue weighted by molar-refractivity contribution is 0.420. The Morgan fingerprint density at radius 3 is 2.73 bits per heavy atom. The molecule has 0 amide bonds. The first kappa shape index (κ1) is 12.7. The zero-order chi connectivity index (χ0) is 11.1. The van der Waals surface area contributed by atoms with Crippen LogP contribution in [-0.2, 0) is 6.42 Å². The van der Waals surface area contributed by atoms with E-state index in [4.69, 9.17) is 0 Å². The molecule has 1 heterocycles. The van der Waals surface area contributed by atoms with Crippen molar-refractivity contribution in [2.45, 2.75) is 46.1 Å². The van der Waals surface area contributed by atoms with Crippen LogP contribution in [0, 0.1) is 5.92 Å². The van der Waals surface area contributed by atoms with E-state index in [1.54, 1.807) is 0 Å². The van der Waals surface area contributed by atoms with Gasteiger partial charge in [0.1, 0.15) is 0 Å². The summed E-state index contributed by atoms with van der Waals surface area (Å²) in [6.07, 6.45) is 3.86. The van der Waals surface area contributed by atoms with Crippen LogP contribution in [0.25, 0.3) is 0 Å². The molecule has 0 aromatic carbocycles. The molecular weight excluding hydrogens is 202 g/mol. The van der Waals surface area contributed by atoms with Gasteiger partial charge in [0.2, 0.25) is 0 Å². The molecule has 1 atom stereocenters. The molecule has 1 rings (SSSR count). The van der Waals surface area contributed by atoms with Gasteiger partial charge < -0.3 is 5.32 Å². The monoisotopic (exact) mass is 225 g/mol. The second-order valence-electron chi connectivity index (χ2n) is 4.50. The summed E-state index contributed by atoms with van der Waals surface area (Å²) in [5, 5.41) is 5.72. The number of hydrogen-bond acceptors (Lipinski definition) is 2. The predicted octanol–water partition coefficient (Wildman–Crippen LogP) is 3.70. The lowest BCUT2D eigenvalue weighted by Crippen LogP contribution is -2.29. The molecule has 0 aliphatic rings. The van der Waals surface area contributed by atoms with E-state index < -0.39 is 0 Å². The van der Waals surface area contributed by atoms with Crippen LogP contribution in [0.2, 0.25) is 0 Å². The first-order valence-electron chi connectivity index (χ1n) is 5.98. The van der Waals surface area contributed by atoms with E-state index in [1.807, 2.05) is 11.3 Å². The molecule has 0 fully saturated rings. The second-order valence-corrected chi connectivity index (χ2v) is 5.53. The summed E-state index contributed by atoms with van der Waals surface area (Å²) >= 11 is 1.88. The van der Waals surface area contributed by atoms with Gasteiger partial charge in [-0.25, -0.2) is 0 Å². The van der Waals surface area contributed by atoms with Gasteiger partial charge >= 0.3 is 0 Å². The van der Waals surface area contributed by atoms with Gasteiger partial charge in [0.05, 0.1) is 0 Å². The van der Waals surface area contributed by atoms with Gasteiger partial charge in [0.15, 0.2) is 0 Å². The van der Waals surface area contributed by atoms with Crippen molar-refractivity contribution in [2.75, 3.05) is 6.54 Å². The van der Waals surface area contributed by atoms with Crippen LogP contribution in [0.1, 0.15) is 38.5 Å². The largest absolute Gasteiger partial charge is 0.314 e. The lowest BCUT2D eigenvalue weighted by Gasteiger charge is -2.17. The molecule has 0 radical (unpaired) electrons. The van der Waals surface area contributed by atoms with Crippen molar-refractivity contribution < 1.29 is 0 Å². The van der Waals surface area contributed by atoms with E-state index in [9.17, 15) is 0 Å². The number of thiophene rings is 1. The highest BCUT2D eigenvalue weighted by Crippen LogP contribution is 2.17. The van der Waals surface area contributed by atoms with E-state index in [2.05, 4.69) is 43.6 Å². The minimum atomic E-state index is 0.604. The molecule has 1 unspecified atom stereocenters.